The molecule has 0 bridgehead atoms. The maximum absolute atomic E-state index is 13.4. The van der Waals surface area contributed by atoms with E-state index in [9.17, 15) is 18.0 Å². The molecule has 0 radical (unpaired) electrons. The minimum atomic E-state index is -4.85. The number of aromatic nitrogens is 3. The molecule has 0 fully saturated rings. The normalized spacial score (nSPS) is 11.4. The average Bonchev–Trinajstić information content (AvgIpc) is 2.92. The molecule has 10 heteroatoms. The summed E-state index contributed by atoms with van der Waals surface area (Å²) < 4.78 is 50.2. The molecule has 0 aromatic carbocycles. The smallest absolute Gasteiger partial charge is 0.434 e. The van der Waals surface area contributed by atoms with Crippen molar-refractivity contribution in [2.45, 2.75) is 13.1 Å². The summed E-state index contributed by atoms with van der Waals surface area (Å²) in [4.78, 5) is 15.5. The van der Waals surface area contributed by atoms with E-state index in [2.05, 4.69) is 14.8 Å². The molecule has 0 saturated heterocycles. The molecule has 2 heterocycles. The highest BCUT2D eigenvalue weighted by Crippen LogP contribution is 2.36. The third-order valence-electron chi connectivity index (χ3n) is 2.79. The van der Waals surface area contributed by atoms with E-state index in [0.29, 0.717) is 4.68 Å². The highest BCUT2D eigenvalue weighted by molar-refractivity contribution is 6.33. The monoisotopic (exact) mass is 349 g/mol. The van der Waals surface area contributed by atoms with Crippen LogP contribution >= 0.6 is 11.6 Å². The van der Waals surface area contributed by atoms with Gasteiger partial charge in [-0.2, -0.15) is 18.3 Å². The number of pyridine rings is 1. The molecule has 0 spiro atoms. The van der Waals surface area contributed by atoms with Crippen LogP contribution in [0.5, 0.6) is 5.88 Å². The van der Waals surface area contributed by atoms with Gasteiger partial charge in [-0.1, -0.05) is 11.6 Å². The lowest BCUT2D eigenvalue weighted by Gasteiger charge is -2.14. The molecule has 0 saturated carbocycles. The van der Waals surface area contributed by atoms with Crippen LogP contribution in [0.1, 0.15) is 23.0 Å². The van der Waals surface area contributed by atoms with Crippen LogP contribution in [0.4, 0.5) is 13.2 Å². The number of hydrogen-bond acceptors (Lipinski definition) is 5. The summed E-state index contributed by atoms with van der Waals surface area (Å²) in [5, 5.41) is 3.45. The third-order valence-corrected chi connectivity index (χ3v) is 3.15. The number of nitrogens with zero attached hydrogens (tertiary/aromatic N) is 3. The van der Waals surface area contributed by atoms with Crippen LogP contribution in [0, 0.1) is 0 Å². The third kappa shape index (κ3) is 3.24. The highest BCUT2D eigenvalue weighted by atomic mass is 35.5. The predicted molar refractivity (Wildman–Crippen MR) is 73.9 cm³/mol. The van der Waals surface area contributed by atoms with Crippen molar-refractivity contribution in [2.24, 2.45) is 0 Å². The zero-order valence-electron chi connectivity index (χ0n) is 12.0. The summed E-state index contributed by atoms with van der Waals surface area (Å²) in [5.74, 6) is -1.19. The lowest BCUT2D eigenvalue weighted by Crippen LogP contribution is -2.18. The molecule has 0 unspecified atom stereocenters. The van der Waals surface area contributed by atoms with Crippen LogP contribution in [0.3, 0.4) is 0 Å². The number of alkyl halides is 3. The van der Waals surface area contributed by atoms with Gasteiger partial charge in [0.05, 0.1) is 25.6 Å². The maximum Gasteiger partial charge on any atom is 0.434 e. The molecule has 2 rings (SSSR count). The second-order valence-corrected chi connectivity index (χ2v) is 4.57. The SMILES string of the molecule is CCOC(=O)c1cnn(-c2ccnc(OC)c2Cl)c1C(F)(F)F. The van der Waals surface area contributed by atoms with Gasteiger partial charge in [-0.05, 0) is 13.0 Å². The Morgan fingerprint density at radius 1 is 1.43 bits per heavy atom. The summed E-state index contributed by atoms with van der Waals surface area (Å²) in [6.45, 7) is 1.42. The largest absolute Gasteiger partial charge is 0.480 e. The van der Waals surface area contributed by atoms with Crippen molar-refractivity contribution in [2.75, 3.05) is 13.7 Å². The number of methoxy groups -OCH3 is 1. The lowest BCUT2D eigenvalue weighted by atomic mass is 10.2. The zero-order chi connectivity index (χ0) is 17.2. The van der Waals surface area contributed by atoms with E-state index in [1.807, 2.05) is 0 Å². The molecule has 2 aromatic rings. The molecule has 124 valence electrons. The molecule has 2 aromatic heterocycles. The van der Waals surface area contributed by atoms with Gasteiger partial charge < -0.3 is 9.47 Å². The van der Waals surface area contributed by atoms with E-state index < -0.39 is 23.4 Å². The maximum atomic E-state index is 13.4. The van der Waals surface area contributed by atoms with Crippen molar-refractivity contribution in [1.29, 1.82) is 0 Å². The van der Waals surface area contributed by atoms with Gasteiger partial charge in [-0.15, -0.1) is 0 Å². The first-order valence-corrected chi connectivity index (χ1v) is 6.70. The topological polar surface area (TPSA) is 66.2 Å². The average molecular weight is 350 g/mol. The fourth-order valence-corrected chi connectivity index (χ4v) is 2.15. The van der Waals surface area contributed by atoms with E-state index in [1.165, 1.54) is 26.3 Å². The van der Waals surface area contributed by atoms with Gasteiger partial charge in [0.25, 0.3) is 0 Å². The summed E-state index contributed by atoms with van der Waals surface area (Å²) in [7, 11) is 1.27. The van der Waals surface area contributed by atoms with E-state index in [0.717, 1.165) is 6.20 Å². The van der Waals surface area contributed by atoms with Crippen molar-refractivity contribution < 1.29 is 27.4 Å². The van der Waals surface area contributed by atoms with Crippen LogP contribution < -0.4 is 4.74 Å². The predicted octanol–water partition coefficient (Wildman–Crippen LogP) is 3.12. The Morgan fingerprint density at radius 2 is 2.13 bits per heavy atom. The molecular formula is C13H11ClF3N3O3. The van der Waals surface area contributed by atoms with Gasteiger partial charge in [0.2, 0.25) is 5.88 Å². The van der Waals surface area contributed by atoms with Gasteiger partial charge in [0.1, 0.15) is 10.6 Å². The Bertz CT molecular complexity index is 731. The second-order valence-electron chi connectivity index (χ2n) is 4.19. The fraction of sp³-hybridized carbons (Fsp3) is 0.308. The molecule has 6 nitrogen and oxygen atoms in total. The molecule has 23 heavy (non-hydrogen) atoms. The Balaban J connectivity index is 2.67. The number of esters is 1. The van der Waals surface area contributed by atoms with E-state index >= 15 is 0 Å². The number of hydrogen-bond donors (Lipinski definition) is 0. The van der Waals surface area contributed by atoms with Gasteiger partial charge in [-0.3, -0.25) is 0 Å². The standard InChI is InChI=1S/C13H11ClF3N3O3/c1-3-23-12(21)7-6-19-20(10(7)13(15,16)17)8-4-5-18-11(22-2)9(8)14/h4-6H,3H2,1-2H3. The Kier molecular flexibility index (Phi) is 4.79. The van der Waals surface area contributed by atoms with Gasteiger partial charge in [0, 0.05) is 6.20 Å². The van der Waals surface area contributed by atoms with Crippen molar-refractivity contribution >= 4 is 17.6 Å². The first kappa shape index (κ1) is 17.1. The molecule has 0 atom stereocenters. The first-order valence-electron chi connectivity index (χ1n) is 6.32. The van der Waals surface area contributed by atoms with Gasteiger partial charge in [-0.25, -0.2) is 14.5 Å². The molecule has 0 aliphatic rings. The number of rotatable bonds is 4. The minimum absolute atomic E-state index is 0.0643. The van der Waals surface area contributed by atoms with Crippen LogP contribution in [-0.2, 0) is 10.9 Å². The van der Waals surface area contributed by atoms with Crippen LogP contribution in [0.15, 0.2) is 18.5 Å². The number of carbonyl (C=O) groups is 1. The van der Waals surface area contributed by atoms with Crippen molar-refractivity contribution in [3.63, 3.8) is 0 Å². The summed E-state index contributed by atoms with van der Waals surface area (Å²) >= 11 is 5.98. The summed E-state index contributed by atoms with van der Waals surface area (Å²) in [6, 6.07) is 1.22. The van der Waals surface area contributed by atoms with Gasteiger partial charge in [0.15, 0.2) is 5.69 Å². The van der Waals surface area contributed by atoms with E-state index in [1.54, 1.807) is 0 Å². The highest BCUT2D eigenvalue weighted by Gasteiger charge is 2.41. The van der Waals surface area contributed by atoms with Crippen molar-refractivity contribution in [1.82, 2.24) is 14.8 Å². The number of ether oxygens (including phenoxy) is 2. The summed E-state index contributed by atoms with van der Waals surface area (Å²) in [6.07, 6.45) is -2.85. The Labute approximate surface area is 133 Å². The van der Waals surface area contributed by atoms with Crippen molar-refractivity contribution in [3.8, 4) is 11.6 Å². The van der Waals surface area contributed by atoms with Gasteiger partial charge >= 0.3 is 12.1 Å². The minimum Gasteiger partial charge on any atom is -0.480 e. The number of halogens is 4. The Hall–Kier alpha value is -2.29. The molecular weight excluding hydrogens is 339 g/mol. The van der Waals surface area contributed by atoms with E-state index in [4.69, 9.17) is 16.3 Å². The van der Waals surface area contributed by atoms with E-state index in [-0.39, 0.29) is 23.2 Å². The first-order chi connectivity index (χ1) is 10.8. The van der Waals surface area contributed by atoms with Crippen LogP contribution in [0.2, 0.25) is 5.02 Å². The van der Waals surface area contributed by atoms with Crippen molar-refractivity contribution in [3.05, 3.63) is 34.7 Å². The number of carbonyl (C=O) groups excluding carboxylic acids is 1. The summed E-state index contributed by atoms with van der Waals surface area (Å²) in [5.41, 5.74) is -2.11. The molecule has 0 aliphatic heterocycles. The quantitative estimate of drug-likeness (QED) is 0.793. The molecule has 0 N–H and O–H groups in total. The second kappa shape index (κ2) is 6.45. The fourth-order valence-electron chi connectivity index (χ4n) is 1.88. The molecule has 0 amide bonds. The zero-order valence-corrected chi connectivity index (χ0v) is 12.8. The lowest BCUT2D eigenvalue weighted by molar-refractivity contribution is -0.143. The Morgan fingerprint density at radius 3 is 2.70 bits per heavy atom. The van der Waals surface area contributed by atoms with Crippen LogP contribution in [-0.4, -0.2) is 34.5 Å². The van der Waals surface area contributed by atoms with Crippen LogP contribution in [0.25, 0.3) is 5.69 Å². The molecule has 0 aliphatic carbocycles.